The number of ether oxygens (including phenoxy) is 1. The number of hydrogen-bond donors (Lipinski definition) is 2. The van der Waals surface area contributed by atoms with Crippen molar-refractivity contribution < 1.29 is 4.74 Å². The van der Waals surface area contributed by atoms with Gasteiger partial charge in [0.15, 0.2) is 5.96 Å². The maximum Gasteiger partial charge on any atom is 0.191 e. The molecule has 1 aliphatic rings. The molecule has 1 aromatic heterocycles. The van der Waals surface area contributed by atoms with E-state index in [0.717, 1.165) is 64.1 Å². The van der Waals surface area contributed by atoms with E-state index in [2.05, 4.69) is 40.8 Å². The zero-order valence-electron chi connectivity index (χ0n) is 15.0. The van der Waals surface area contributed by atoms with Gasteiger partial charge < -0.3 is 15.4 Å². The molecule has 138 valence electrons. The molecule has 24 heavy (non-hydrogen) atoms. The molecule has 0 aromatic carbocycles. The molecule has 0 atom stereocenters. The Bertz CT molecular complexity index is 473. The van der Waals surface area contributed by atoms with Crippen LogP contribution in [0.4, 0.5) is 0 Å². The van der Waals surface area contributed by atoms with Gasteiger partial charge in [-0.05, 0) is 51.0 Å². The summed E-state index contributed by atoms with van der Waals surface area (Å²) in [5.74, 6) is 1.74. The van der Waals surface area contributed by atoms with Gasteiger partial charge in [-0.2, -0.15) is 5.10 Å². The van der Waals surface area contributed by atoms with Crippen molar-refractivity contribution in [2.24, 2.45) is 10.9 Å². The summed E-state index contributed by atoms with van der Waals surface area (Å²) in [6.07, 6.45) is 8.67. The third kappa shape index (κ3) is 9.46. The van der Waals surface area contributed by atoms with Crippen LogP contribution in [0.25, 0.3) is 0 Å². The number of nitrogens with one attached hydrogen (secondary N) is 2. The van der Waals surface area contributed by atoms with Crippen LogP contribution in [0, 0.1) is 12.8 Å². The molecule has 0 spiro atoms. The predicted octanol–water partition coefficient (Wildman–Crippen LogP) is 2.57. The third-order valence-electron chi connectivity index (χ3n) is 3.73. The molecule has 0 amide bonds. The summed E-state index contributed by atoms with van der Waals surface area (Å²) in [6.45, 7) is 9.41. The first-order chi connectivity index (χ1) is 11.3. The van der Waals surface area contributed by atoms with Gasteiger partial charge in [0.25, 0.3) is 0 Å². The van der Waals surface area contributed by atoms with Crippen LogP contribution in [0.1, 0.15) is 38.2 Å². The molecule has 1 fully saturated rings. The van der Waals surface area contributed by atoms with Crippen molar-refractivity contribution in [3.63, 3.8) is 0 Å². The Labute approximate surface area is 162 Å². The van der Waals surface area contributed by atoms with Gasteiger partial charge in [-0.1, -0.05) is 0 Å². The highest BCUT2D eigenvalue weighted by atomic mass is 127. The molecular formula is C17H32IN5O. The standard InChI is InChI=1S/C17H31N5O.HI/c1-3-18-17(20-9-5-11-23-14-16-6-7-16)19-8-4-10-22-13-15(2)12-21-22;/h12-13,16H,3-11,14H2,1-2H3,(H2,18,19,20);1H. The maximum absolute atomic E-state index is 5.64. The number of halogens is 1. The Morgan fingerprint density at radius 1 is 1.38 bits per heavy atom. The molecule has 1 aromatic rings. The normalized spacial score (nSPS) is 14.3. The van der Waals surface area contributed by atoms with E-state index < -0.39 is 0 Å². The van der Waals surface area contributed by atoms with Crippen molar-refractivity contribution in [1.82, 2.24) is 20.4 Å². The first-order valence-corrected chi connectivity index (χ1v) is 8.87. The average molecular weight is 449 g/mol. The van der Waals surface area contributed by atoms with Crippen molar-refractivity contribution in [2.45, 2.75) is 46.1 Å². The van der Waals surface area contributed by atoms with Crippen LogP contribution in [0.5, 0.6) is 0 Å². The minimum Gasteiger partial charge on any atom is -0.381 e. The number of nitrogens with zero attached hydrogens (tertiary/aromatic N) is 3. The summed E-state index contributed by atoms with van der Waals surface area (Å²) in [7, 11) is 0. The lowest BCUT2D eigenvalue weighted by Crippen LogP contribution is -2.38. The van der Waals surface area contributed by atoms with Gasteiger partial charge in [0, 0.05) is 45.6 Å². The van der Waals surface area contributed by atoms with Crippen LogP contribution < -0.4 is 10.6 Å². The lowest BCUT2D eigenvalue weighted by molar-refractivity contribution is 0.123. The number of hydrogen-bond acceptors (Lipinski definition) is 3. The van der Waals surface area contributed by atoms with E-state index in [1.54, 1.807) is 0 Å². The zero-order valence-corrected chi connectivity index (χ0v) is 17.3. The van der Waals surface area contributed by atoms with E-state index in [1.807, 2.05) is 10.9 Å². The molecule has 1 saturated carbocycles. The van der Waals surface area contributed by atoms with Gasteiger partial charge in [-0.15, -0.1) is 24.0 Å². The van der Waals surface area contributed by atoms with E-state index >= 15 is 0 Å². The van der Waals surface area contributed by atoms with Gasteiger partial charge in [-0.3, -0.25) is 9.67 Å². The lowest BCUT2D eigenvalue weighted by Gasteiger charge is -2.11. The van der Waals surface area contributed by atoms with E-state index in [4.69, 9.17) is 4.74 Å². The van der Waals surface area contributed by atoms with Crippen molar-refractivity contribution in [3.05, 3.63) is 18.0 Å². The van der Waals surface area contributed by atoms with Crippen molar-refractivity contribution in [3.8, 4) is 0 Å². The molecular weight excluding hydrogens is 417 g/mol. The van der Waals surface area contributed by atoms with E-state index in [-0.39, 0.29) is 24.0 Å². The Balaban J connectivity index is 0.00000288. The molecule has 0 aliphatic heterocycles. The summed E-state index contributed by atoms with van der Waals surface area (Å²) in [4.78, 5) is 4.60. The van der Waals surface area contributed by atoms with Gasteiger partial charge >= 0.3 is 0 Å². The number of aryl methyl sites for hydroxylation is 2. The number of aliphatic imine (C=N–C) groups is 1. The molecule has 0 bridgehead atoms. The fraction of sp³-hybridized carbons (Fsp3) is 0.765. The van der Waals surface area contributed by atoms with Gasteiger partial charge in [-0.25, -0.2) is 0 Å². The molecule has 1 aliphatic carbocycles. The van der Waals surface area contributed by atoms with Crippen LogP contribution in [0.15, 0.2) is 17.4 Å². The van der Waals surface area contributed by atoms with Crippen LogP contribution in [0.2, 0.25) is 0 Å². The van der Waals surface area contributed by atoms with Gasteiger partial charge in [0.05, 0.1) is 6.20 Å². The maximum atomic E-state index is 5.64. The minimum absolute atomic E-state index is 0. The van der Waals surface area contributed by atoms with Gasteiger partial charge in [0.1, 0.15) is 0 Å². The lowest BCUT2D eigenvalue weighted by atomic mass is 10.4. The molecule has 1 heterocycles. The third-order valence-corrected chi connectivity index (χ3v) is 3.73. The monoisotopic (exact) mass is 449 g/mol. The summed E-state index contributed by atoms with van der Waals surface area (Å²) in [5, 5.41) is 10.9. The molecule has 0 saturated heterocycles. The highest BCUT2D eigenvalue weighted by Gasteiger charge is 2.20. The second-order valence-corrected chi connectivity index (χ2v) is 6.19. The Hall–Kier alpha value is -0.830. The van der Waals surface area contributed by atoms with Crippen LogP contribution >= 0.6 is 24.0 Å². The molecule has 2 N–H and O–H groups in total. The SMILES string of the molecule is CCNC(=NCCCn1cc(C)cn1)NCCCOCC1CC1.I. The number of guanidine groups is 1. The second kappa shape index (κ2) is 12.5. The summed E-state index contributed by atoms with van der Waals surface area (Å²) >= 11 is 0. The van der Waals surface area contributed by atoms with E-state index in [1.165, 1.54) is 18.4 Å². The quantitative estimate of drug-likeness (QED) is 0.236. The fourth-order valence-corrected chi connectivity index (χ4v) is 2.27. The summed E-state index contributed by atoms with van der Waals surface area (Å²) < 4.78 is 7.61. The summed E-state index contributed by atoms with van der Waals surface area (Å²) in [6, 6.07) is 0. The van der Waals surface area contributed by atoms with Gasteiger partial charge in [0.2, 0.25) is 0 Å². The van der Waals surface area contributed by atoms with Crippen molar-refractivity contribution in [2.75, 3.05) is 32.8 Å². The Morgan fingerprint density at radius 3 is 2.88 bits per heavy atom. The van der Waals surface area contributed by atoms with Crippen LogP contribution in [-0.2, 0) is 11.3 Å². The highest BCUT2D eigenvalue weighted by Crippen LogP contribution is 2.28. The Kier molecular flexibility index (Phi) is 11.1. The molecule has 0 unspecified atom stereocenters. The van der Waals surface area contributed by atoms with Crippen LogP contribution in [-0.4, -0.2) is 48.6 Å². The first kappa shape index (κ1) is 21.2. The highest BCUT2D eigenvalue weighted by molar-refractivity contribution is 14.0. The zero-order chi connectivity index (χ0) is 16.3. The summed E-state index contributed by atoms with van der Waals surface area (Å²) in [5.41, 5.74) is 1.20. The topological polar surface area (TPSA) is 63.5 Å². The molecule has 2 rings (SSSR count). The van der Waals surface area contributed by atoms with Crippen LogP contribution in [0.3, 0.4) is 0 Å². The predicted molar refractivity (Wildman–Crippen MR) is 109 cm³/mol. The molecule has 7 heteroatoms. The molecule has 0 radical (unpaired) electrons. The van der Waals surface area contributed by atoms with Crippen molar-refractivity contribution in [1.29, 1.82) is 0 Å². The Morgan fingerprint density at radius 2 is 2.21 bits per heavy atom. The van der Waals surface area contributed by atoms with E-state index in [9.17, 15) is 0 Å². The number of rotatable bonds is 11. The minimum atomic E-state index is 0. The van der Waals surface area contributed by atoms with Crippen molar-refractivity contribution >= 4 is 29.9 Å². The average Bonchev–Trinajstić information content (AvgIpc) is 3.27. The fourth-order valence-electron chi connectivity index (χ4n) is 2.27. The van der Waals surface area contributed by atoms with E-state index in [0.29, 0.717) is 0 Å². The number of aromatic nitrogens is 2. The second-order valence-electron chi connectivity index (χ2n) is 6.19. The largest absolute Gasteiger partial charge is 0.381 e. The smallest absolute Gasteiger partial charge is 0.191 e. The first-order valence-electron chi connectivity index (χ1n) is 8.87. The molecule has 6 nitrogen and oxygen atoms in total.